The summed E-state index contributed by atoms with van der Waals surface area (Å²) in [6.07, 6.45) is 29.0. The van der Waals surface area contributed by atoms with Crippen LogP contribution in [0.4, 0.5) is 17.3 Å². The minimum absolute atomic E-state index is 0. The molecule has 22 heavy (non-hydrogen) atoms. The molecule has 0 unspecified atom stereocenters. The number of hydrogen-bond donors (Lipinski definition) is 0. The predicted molar refractivity (Wildman–Crippen MR) is 81.0 cm³/mol. The van der Waals surface area contributed by atoms with Gasteiger partial charge >= 0.3 is 26.7 Å². The first-order chi connectivity index (χ1) is 10.0. The van der Waals surface area contributed by atoms with Crippen molar-refractivity contribution in [3.8, 4) is 0 Å². The molecule has 0 fully saturated rings. The van der Waals surface area contributed by atoms with Crippen LogP contribution in [0.5, 0.6) is 0 Å². The van der Waals surface area contributed by atoms with Crippen molar-refractivity contribution < 1.29 is 36.7 Å². The van der Waals surface area contributed by atoms with Crippen LogP contribution in [0.3, 0.4) is 0 Å². The first kappa shape index (κ1) is 23.6. The third-order valence-electron chi connectivity index (χ3n) is 2.49. The van der Waals surface area contributed by atoms with E-state index in [1.807, 2.05) is 0 Å². The second-order valence-corrected chi connectivity index (χ2v) is 4.49. The quantitative estimate of drug-likeness (QED) is 0.194. The van der Waals surface area contributed by atoms with E-state index in [0.717, 1.165) is 12.8 Å². The Labute approximate surface area is 144 Å². The predicted octanol–water partition coefficient (Wildman–Crippen LogP) is 6.25. The largest absolute Gasteiger partial charge is 3.00 e. The monoisotopic (exact) mass is 404 g/mol. The molecule has 0 aliphatic heterocycles. The molecule has 0 aromatic rings. The van der Waals surface area contributed by atoms with Gasteiger partial charge in [-0.2, -0.15) is 12.8 Å². The van der Waals surface area contributed by atoms with Gasteiger partial charge in [-0.05, 0) is 12.8 Å². The van der Waals surface area contributed by atoms with Gasteiger partial charge in [-0.1, -0.05) is 50.0 Å². The van der Waals surface area contributed by atoms with Crippen LogP contribution in [0.1, 0.15) is 51.4 Å². The van der Waals surface area contributed by atoms with Crippen molar-refractivity contribution in [1.29, 1.82) is 0 Å². The smallest absolute Gasteiger partial charge is 0.500 e. The molecule has 0 aromatic heterocycles. The zero-order valence-electron chi connectivity index (χ0n) is 12.5. The summed E-state index contributed by atoms with van der Waals surface area (Å²) in [7, 11) is -6.00. The van der Waals surface area contributed by atoms with Crippen LogP contribution in [0.2, 0.25) is 0 Å². The van der Waals surface area contributed by atoms with Crippen molar-refractivity contribution in [1.82, 2.24) is 0 Å². The molecule has 0 nitrogen and oxygen atoms in total. The summed E-state index contributed by atoms with van der Waals surface area (Å²) in [6, 6.07) is 0. The van der Waals surface area contributed by atoms with Crippen molar-refractivity contribution in [2.45, 2.75) is 51.4 Å². The van der Waals surface area contributed by atoms with Gasteiger partial charge in [-0.25, -0.2) is 0 Å². The molecule has 0 spiro atoms. The van der Waals surface area contributed by atoms with Gasteiger partial charge in [0.25, 0.3) is 0 Å². The molecule has 0 radical (unpaired) electrons. The second-order valence-electron chi connectivity index (χ2n) is 4.49. The summed E-state index contributed by atoms with van der Waals surface area (Å²) in [5, 5.41) is 0. The average Bonchev–Trinajstić information content (AvgIpc) is 2.24. The summed E-state index contributed by atoms with van der Waals surface area (Å²) in [5.41, 5.74) is 0. The second kappa shape index (κ2) is 16.7. The van der Waals surface area contributed by atoms with E-state index in [4.69, 9.17) is 0 Å². The molecule has 126 valence electrons. The summed E-state index contributed by atoms with van der Waals surface area (Å²) in [4.78, 5) is 0. The Morgan fingerprint density at radius 1 is 0.591 bits per heavy atom. The maximum atomic E-state index is 9.75. The molecule has 2 rings (SSSR count). The first-order valence-electron chi connectivity index (χ1n) is 7.27. The van der Waals surface area contributed by atoms with Crippen LogP contribution in [-0.2, 0) is 19.5 Å². The fraction of sp³-hybridized carbons (Fsp3) is 0.500. The molecule has 0 saturated carbocycles. The number of hydrogen-bond acceptors (Lipinski definition) is 0. The SMILES string of the molecule is F[B-](F)(F)F.[C-]1=CCCC=CCC1.[C-]1=CCCC=CCC1.[Rh+3]. The molecule has 0 N–H and O–H groups in total. The van der Waals surface area contributed by atoms with E-state index in [1.54, 1.807) is 0 Å². The molecule has 0 bridgehead atoms. The van der Waals surface area contributed by atoms with Crippen molar-refractivity contribution in [3.63, 3.8) is 0 Å². The van der Waals surface area contributed by atoms with Crippen LogP contribution < -0.4 is 0 Å². The van der Waals surface area contributed by atoms with Gasteiger partial charge in [0, 0.05) is 0 Å². The molecule has 0 atom stereocenters. The molecule has 2 aliphatic carbocycles. The minimum atomic E-state index is -6.00. The number of allylic oxidation sites excluding steroid dienone is 8. The van der Waals surface area contributed by atoms with Gasteiger partial charge < -0.3 is 29.4 Å². The van der Waals surface area contributed by atoms with Crippen molar-refractivity contribution in [2.75, 3.05) is 0 Å². The zero-order valence-corrected chi connectivity index (χ0v) is 14.2. The number of rotatable bonds is 0. The van der Waals surface area contributed by atoms with Gasteiger partial charge in [0.15, 0.2) is 0 Å². The van der Waals surface area contributed by atoms with Crippen molar-refractivity contribution >= 4 is 7.25 Å². The fourth-order valence-corrected chi connectivity index (χ4v) is 1.57. The van der Waals surface area contributed by atoms with Crippen LogP contribution in [-0.4, -0.2) is 7.25 Å². The van der Waals surface area contributed by atoms with E-state index in [2.05, 4.69) is 48.6 Å². The van der Waals surface area contributed by atoms with Gasteiger partial charge in [-0.3, -0.25) is 12.2 Å². The maximum Gasteiger partial charge on any atom is 3.00 e. The van der Waals surface area contributed by atoms with Crippen molar-refractivity contribution in [2.24, 2.45) is 0 Å². The van der Waals surface area contributed by atoms with Crippen molar-refractivity contribution in [3.05, 3.63) is 48.6 Å². The van der Waals surface area contributed by atoms with Crippen LogP contribution in [0, 0.1) is 12.2 Å². The molecule has 0 saturated heterocycles. The Kier molecular flexibility index (Phi) is 18.0. The molecular weight excluding hydrogens is 382 g/mol. The third kappa shape index (κ3) is 27.7. The molecule has 0 heterocycles. The Morgan fingerprint density at radius 3 is 1.27 bits per heavy atom. The summed E-state index contributed by atoms with van der Waals surface area (Å²) >= 11 is 0. The van der Waals surface area contributed by atoms with Gasteiger partial charge in [0.1, 0.15) is 0 Å². The number of halogens is 4. The molecule has 0 amide bonds. The Morgan fingerprint density at radius 2 is 0.909 bits per heavy atom. The van der Waals surface area contributed by atoms with E-state index in [0.29, 0.717) is 0 Å². The van der Waals surface area contributed by atoms with Gasteiger partial charge in [0.2, 0.25) is 0 Å². The minimum Gasteiger partial charge on any atom is -0.500 e. The zero-order chi connectivity index (χ0) is 15.8. The third-order valence-corrected chi connectivity index (χ3v) is 2.49. The standard InChI is InChI=1S/2C8H11.BF4.Rh/c2*1-2-4-6-8-7-5-3-1;2-1(3,4)5;/h2*1-2,7H,3-6H2;;/q3*-1;+3. The normalized spacial score (nSPS) is 17.3. The average molecular weight is 404 g/mol. The first-order valence-corrected chi connectivity index (χ1v) is 7.27. The van der Waals surface area contributed by atoms with Crippen LogP contribution in [0.25, 0.3) is 0 Å². The summed E-state index contributed by atoms with van der Waals surface area (Å²) < 4.78 is 39.0. The topological polar surface area (TPSA) is 0 Å². The fourth-order valence-electron chi connectivity index (χ4n) is 1.57. The molecule has 2 aliphatic rings. The van der Waals surface area contributed by atoms with E-state index < -0.39 is 7.25 Å². The maximum absolute atomic E-state index is 9.75. The summed E-state index contributed by atoms with van der Waals surface area (Å²) in [5.74, 6) is 0. The molecule has 6 heteroatoms. The van der Waals surface area contributed by atoms with Gasteiger partial charge in [0.05, 0.1) is 0 Å². The van der Waals surface area contributed by atoms with Crippen LogP contribution in [0.15, 0.2) is 36.5 Å². The summed E-state index contributed by atoms with van der Waals surface area (Å²) in [6.45, 7) is 0. The van der Waals surface area contributed by atoms with E-state index >= 15 is 0 Å². The molecule has 0 aromatic carbocycles. The van der Waals surface area contributed by atoms with E-state index in [-0.39, 0.29) is 19.5 Å². The Balaban J connectivity index is 0. The molecular formula is C16H22BF4Rh. The van der Waals surface area contributed by atoms with E-state index in [9.17, 15) is 17.3 Å². The van der Waals surface area contributed by atoms with E-state index in [1.165, 1.54) is 38.5 Å². The van der Waals surface area contributed by atoms with Crippen LogP contribution >= 0.6 is 0 Å². The Bertz CT molecular complexity index is 261. The Hall–Kier alpha value is -0.632. The van der Waals surface area contributed by atoms with Gasteiger partial charge in [-0.15, -0.1) is 0 Å².